The molecule has 1 atom stereocenters. The molecule has 28 heavy (non-hydrogen) atoms. The fourth-order valence-corrected chi connectivity index (χ4v) is 3.08. The Bertz CT molecular complexity index is 823. The maximum atomic E-state index is 12.9. The average molecular weight is 395 g/mol. The number of imidazole rings is 1. The normalized spacial score (nSPS) is 18.0. The first-order valence-electron chi connectivity index (χ1n) is 8.76. The van der Waals surface area contributed by atoms with Crippen LogP contribution >= 0.6 is 0 Å². The summed E-state index contributed by atoms with van der Waals surface area (Å²) in [4.78, 5) is 33.1. The number of benzene rings is 1. The first-order chi connectivity index (χ1) is 13.3. The van der Waals surface area contributed by atoms with E-state index in [-0.39, 0.29) is 31.3 Å². The second-order valence-electron chi connectivity index (χ2n) is 6.49. The fourth-order valence-electron chi connectivity index (χ4n) is 3.08. The molecule has 0 bridgehead atoms. The highest BCUT2D eigenvalue weighted by Gasteiger charge is 2.33. The summed E-state index contributed by atoms with van der Waals surface area (Å²) >= 11 is 0. The Morgan fingerprint density at radius 2 is 2.18 bits per heavy atom. The minimum absolute atomic E-state index is 0.0918. The van der Waals surface area contributed by atoms with E-state index in [2.05, 4.69) is 20.6 Å². The molecule has 1 saturated heterocycles. The highest BCUT2D eigenvalue weighted by atomic mass is 19.4. The van der Waals surface area contributed by atoms with Gasteiger partial charge in [-0.15, -0.1) is 0 Å². The van der Waals surface area contributed by atoms with Crippen LogP contribution in [0.25, 0.3) is 0 Å². The first kappa shape index (κ1) is 19.9. The van der Waals surface area contributed by atoms with Gasteiger partial charge in [-0.05, 0) is 11.6 Å². The van der Waals surface area contributed by atoms with Gasteiger partial charge >= 0.3 is 6.18 Å². The predicted molar refractivity (Wildman–Crippen MR) is 93.7 cm³/mol. The van der Waals surface area contributed by atoms with Gasteiger partial charge in [-0.1, -0.05) is 18.2 Å². The van der Waals surface area contributed by atoms with E-state index < -0.39 is 17.8 Å². The van der Waals surface area contributed by atoms with Crippen LogP contribution in [-0.4, -0.2) is 45.8 Å². The van der Waals surface area contributed by atoms with Crippen LogP contribution in [0.4, 0.5) is 13.2 Å². The number of aromatic amines is 1. The van der Waals surface area contributed by atoms with Gasteiger partial charge in [0, 0.05) is 32.0 Å². The van der Waals surface area contributed by atoms with Gasteiger partial charge < -0.3 is 15.6 Å². The number of carbonyl (C=O) groups excluding carboxylic acids is 2. The number of amides is 2. The summed E-state index contributed by atoms with van der Waals surface area (Å²) in [6.45, 7) is 1.17. The zero-order chi connectivity index (χ0) is 20.1. The molecule has 2 heterocycles. The summed E-state index contributed by atoms with van der Waals surface area (Å²) < 4.78 is 38.8. The highest BCUT2D eigenvalue weighted by Crippen LogP contribution is 2.30. The molecule has 0 aliphatic carbocycles. The SMILES string of the molecule is O=C(C[C@H]1C(=O)NCCN1Cc1cccc(C(F)(F)F)c1)NCc1ncc[nH]1. The molecule has 0 spiro atoms. The molecule has 7 nitrogen and oxygen atoms in total. The van der Waals surface area contributed by atoms with E-state index in [1.54, 1.807) is 23.4 Å². The molecule has 1 fully saturated rings. The van der Waals surface area contributed by atoms with Crippen LogP contribution in [0.3, 0.4) is 0 Å². The molecule has 0 saturated carbocycles. The zero-order valence-corrected chi connectivity index (χ0v) is 14.9. The van der Waals surface area contributed by atoms with Crippen molar-refractivity contribution in [3.05, 3.63) is 53.6 Å². The van der Waals surface area contributed by atoms with Gasteiger partial charge in [0.25, 0.3) is 0 Å². The summed E-state index contributed by atoms with van der Waals surface area (Å²) in [6, 6.07) is 4.25. The third-order valence-corrected chi connectivity index (χ3v) is 4.47. The largest absolute Gasteiger partial charge is 0.416 e. The highest BCUT2D eigenvalue weighted by molar-refractivity contribution is 5.88. The fraction of sp³-hybridized carbons (Fsp3) is 0.389. The maximum absolute atomic E-state index is 12.9. The Hall–Kier alpha value is -2.88. The topological polar surface area (TPSA) is 90.1 Å². The number of nitrogens with one attached hydrogen (secondary N) is 3. The van der Waals surface area contributed by atoms with Gasteiger partial charge in [-0.3, -0.25) is 14.5 Å². The number of piperazine rings is 1. The van der Waals surface area contributed by atoms with Crippen LogP contribution in [0.15, 0.2) is 36.7 Å². The van der Waals surface area contributed by atoms with Gasteiger partial charge in [-0.25, -0.2) is 4.98 Å². The number of nitrogens with zero attached hydrogens (tertiary/aromatic N) is 2. The molecule has 0 unspecified atom stereocenters. The second kappa shape index (κ2) is 8.42. The number of alkyl halides is 3. The molecule has 1 aromatic carbocycles. The summed E-state index contributed by atoms with van der Waals surface area (Å²) in [7, 11) is 0. The van der Waals surface area contributed by atoms with Crippen LogP contribution in [0.5, 0.6) is 0 Å². The van der Waals surface area contributed by atoms with Crippen molar-refractivity contribution in [3.8, 4) is 0 Å². The predicted octanol–water partition coefficient (Wildman–Crippen LogP) is 1.44. The number of rotatable bonds is 6. The smallest absolute Gasteiger partial charge is 0.353 e. The number of aromatic nitrogens is 2. The monoisotopic (exact) mass is 395 g/mol. The Labute approximate surface area is 159 Å². The summed E-state index contributed by atoms with van der Waals surface area (Å²) in [5, 5.41) is 5.38. The van der Waals surface area contributed by atoms with Crippen LogP contribution in [0.2, 0.25) is 0 Å². The van der Waals surface area contributed by atoms with Gasteiger partial charge in [0.2, 0.25) is 11.8 Å². The molecule has 150 valence electrons. The molecular formula is C18H20F3N5O2. The van der Waals surface area contributed by atoms with E-state index in [4.69, 9.17) is 0 Å². The number of hydrogen-bond donors (Lipinski definition) is 3. The number of halogens is 3. The molecule has 2 amide bonds. The zero-order valence-electron chi connectivity index (χ0n) is 14.9. The lowest BCUT2D eigenvalue weighted by atomic mass is 10.1. The van der Waals surface area contributed by atoms with Crippen molar-refractivity contribution in [2.45, 2.75) is 31.7 Å². The van der Waals surface area contributed by atoms with Crippen molar-refractivity contribution >= 4 is 11.8 Å². The number of H-pyrrole nitrogens is 1. The lowest BCUT2D eigenvalue weighted by Crippen LogP contribution is -2.56. The lowest BCUT2D eigenvalue weighted by molar-refractivity contribution is -0.137. The van der Waals surface area contributed by atoms with E-state index in [9.17, 15) is 22.8 Å². The molecule has 1 aromatic heterocycles. The molecular weight excluding hydrogens is 375 g/mol. The summed E-state index contributed by atoms with van der Waals surface area (Å²) in [5.74, 6) is -0.0684. The molecule has 1 aliphatic heterocycles. The molecule has 3 rings (SSSR count). The summed E-state index contributed by atoms with van der Waals surface area (Å²) in [6.07, 6.45) is -1.33. The molecule has 10 heteroatoms. The molecule has 3 N–H and O–H groups in total. The standard InChI is InChI=1S/C18H20F3N5O2/c19-18(20,21)13-3-1-2-12(8-13)11-26-7-6-24-17(28)14(26)9-16(27)25-10-15-22-4-5-23-15/h1-5,8,14H,6-7,9-11H2,(H,22,23)(H,24,28)(H,25,27)/t14-/m0/s1. The van der Waals surface area contributed by atoms with Gasteiger partial charge in [0.15, 0.2) is 0 Å². The Balaban J connectivity index is 1.65. The second-order valence-corrected chi connectivity index (χ2v) is 6.49. The van der Waals surface area contributed by atoms with Crippen molar-refractivity contribution in [1.29, 1.82) is 0 Å². The molecule has 0 radical (unpaired) electrons. The molecule has 2 aromatic rings. The quantitative estimate of drug-likeness (QED) is 0.690. The maximum Gasteiger partial charge on any atom is 0.416 e. The first-order valence-corrected chi connectivity index (χ1v) is 8.76. The van der Waals surface area contributed by atoms with Crippen LogP contribution in [-0.2, 0) is 28.9 Å². The van der Waals surface area contributed by atoms with E-state index in [0.29, 0.717) is 24.5 Å². The van der Waals surface area contributed by atoms with Crippen molar-refractivity contribution in [2.24, 2.45) is 0 Å². The number of hydrogen-bond acceptors (Lipinski definition) is 4. The summed E-state index contributed by atoms with van der Waals surface area (Å²) in [5.41, 5.74) is -0.301. The van der Waals surface area contributed by atoms with E-state index in [1.165, 1.54) is 6.07 Å². The Kier molecular flexibility index (Phi) is 5.98. The Morgan fingerprint density at radius 3 is 2.89 bits per heavy atom. The van der Waals surface area contributed by atoms with Crippen LogP contribution in [0, 0.1) is 0 Å². The van der Waals surface area contributed by atoms with Crippen molar-refractivity contribution < 1.29 is 22.8 Å². The van der Waals surface area contributed by atoms with E-state index in [0.717, 1.165) is 12.1 Å². The third-order valence-electron chi connectivity index (χ3n) is 4.47. The number of carbonyl (C=O) groups is 2. The lowest BCUT2D eigenvalue weighted by Gasteiger charge is -2.34. The van der Waals surface area contributed by atoms with Gasteiger partial charge in [0.1, 0.15) is 5.82 Å². The molecule has 1 aliphatic rings. The van der Waals surface area contributed by atoms with Gasteiger partial charge in [-0.2, -0.15) is 13.2 Å². The Morgan fingerprint density at radius 1 is 1.36 bits per heavy atom. The van der Waals surface area contributed by atoms with E-state index in [1.807, 2.05) is 0 Å². The van der Waals surface area contributed by atoms with E-state index >= 15 is 0 Å². The third kappa shape index (κ3) is 5.10. The average Bonchev–Trinajstić information content (AvgIpc) is 3.16. The van der Waals surface area contributed by atoms with Crippen molar-refractivity contribution in [3.63, 3.8) is 0 Å². The minimum Gasteiger partial charge on any atom is -0.353 e. The van der Waals surface area contributed by atoms with Crippen LogP contribution < -0.4 is 10.6 Å². The van der Waals surface area contributed by atoms with Crippen molar-refractivity contribution in [2.75, 3.05) is 13.1 Å². The minimum atomic E-state index is -4.43. The van der Waals surface area contributed by atoms with Gasteiger partial charge in [0.05, 0.1) is 24.6 Å². The van der Waals surface area contributed by atoms with Crippen LogP contribution in [0.1, 0.15) is 23.4 Å². The van der Waals surface area contributed by atoms with Crippen molar-refractivity contribution in [1.82, 2.24) is 25.5 Å².